The van der Waals surface area contributed by atoms with Crippen LogP contribution in [0.1, 0.15) is 18.4 Å². The number of unbranched alkanes of at least 4 members (excludes halogenated alkanes) is 1. The number of hydrogen-bond acceptors (Lipinski definition) is 2. The normalized spacial score (nSPS) is 11.8. The van der Waals surface area contributed by atoms with Gasteiger partial charge in [0.05, 0.1) is 5.52 Å². The zero-order valence-electron chi connectivity index (χ0n) is 16.9. The fourth-order valence-corrected chi connectivity index (χ4v) is 4.79. The van der Waals surface area contributed by atoms with E-state index in [0.29, 0.717) is 12.3 Å². The Morgan fingerprint density at radius 2 is 1.77 bits per heavy atom. The van der Waals surface area contributed by atoms with Gasteiger partial charge in [0.25, 0.3) is 0 Å². The second kappa shape index (κ2) is 7.38. The molecule has 4 N–H and O–H groups in total. The number of aromatic hydroxyl groups is 1. The smallest absolute Gasteiger partial charge is 0.119 e. The van der Waals surface area contributed by atoms with Crippen molar-refractivity contribution >= 4 is 44.2 Å². The van der Waals surface area contributed by atoms with Gasteiger partial charge >= 0.3 is 0 Å². The van der Waals surface area contributed by atoms with Crippen LogP contribution in [-0.4, -0.2) is 21.2 Å². The molecule has 2 heterocycles. The molecule has 0 saturated carbocycles. The summed E-state index contributed by atoms with van der Waals surface area (Å²) in [6.45, 7) is 0.674. The van der Waals surface area contributed by atoms with E-state index >= 15 is 0 Å². The number of phenols is 1. The Balaban J connectivity index is 1.81. The highest BCUT2D eigenvalue weighted by Gasteiger charge is 2.18. The van der Waals surface area contributed by atoms with Gasteiger partial charge in [-0.1, -0.05) is 29.8 Å². The topological polar surface area (TPSA) is 67.0 Å². The maximum Gasteiger partial charge on any atom is 0.119 e. The van der Waals surface area contributed by atoms with E-state index in [1.807, 2.05) is 36.7 Å². The fraction of sp³-hybridized carbons (Fsp3) is 0.200. The summed E-state index contributed by atoms with van der Waals surface area (Å²) in [7, 11) is 2.08. The molecule has 0 saturated heterocycles. The molecular formula is C25H24ClN3O. The third kappa shape index (κ3) is 2.87. The molecular weight excluding hydrogens is 394 g/mol. The van der Waals surface area contributed by atoms with Gasteiger partial charge < -0.3 is 20.4 Å². The van der Waals surface area contributed by atoms with Crippen molar-refractivity contribution in [2.24, 2.45) is 12.8 Å². The maximum atomic E-state index is 10.7. The number of H-pyrrole nitrogens is 1. The Morgan fingerprint density at radius 1 is 0.967 bits per heavy atom. The Bertz CT molecular complexity index is 1400. The molecule has 0 aliphatic carbocycles. The number of aromatic amines is 1. The quantitative estimate of drug-likeness (QED) is 0.301. The summed E-state index contributed by atoms with van der Waals surface area (Å²) in [4.78, 5) is 3.27. The Hall–Kier alpha value is -2.95. The summed E-state index contributed by atoms with van der Waals surface area (Å²) in [6.07, 6.45) is 6.80. The van der Waals surface area contributed by atoms with E-state index in [0.717, 1.165) is 73.6 Å². The van der Waals surface area contributed by atoms with E-state index in [1.165, 1.54) is 0 Å². The zero-order chi connectivity index (χ0) is 20.8. The first-order valence-electron chi connectivity index (χ1n) is 10.3. The number of benzene rings is 3. The molecule has 152 valence electrons. The summed E-state index contributed by atoms with van der Waals surface area (Å²) in [5.74, 6) is 0.353. The van der Waals surface area contributed by atoms with E-state index in [4.69, 9.17) is 17.3 Å². The summed E-state index contributed by atoms with van der Waals surface area (Å²) < 4.78 is 2.21. The number of phenolic OH excluding ortho intramolecular Hbond substituents is 1. The number of hydrogen-bond donors (Lipinski definition) is 3. The third-order valence-corrected chi connectivity index (χ3v) is 6.43. The largest absolute Gasteiger partial charge is 0.508 e. The SMILES string of the molecule is Cn1c2cc(CCCCN)c(O)cc2c2c3c[nH]cc3c(-c3ccccc3Cl)cc21. The fourth-order valence-electron chi connectivity index (χ4n) is 4.56. The Morgan fingerprint density at radius 3 is 2.57 bits per heavy atom. The summed E-state index contributed by atoms with van der Waals surface area (Å²) in [6, 6.07) is 14.2. The van der Waals surface area contributed by atoms with E-state index in [2.05, 4.69) is 34.8 Å². The van der Waals surface area contributed by atoms with Crippen LogP contribution in [0.4, 0.5) is 0 Å². The van der Waals surface area contributed by atoms with Crippen molar-refractivity contribution in [2.45, 2.75) is 19.3 Å². The molecule has 0 radical (unpaired) electrons. The van der Waals surface area contributed by atoms with Gasteiger partial charge in [-0.15, -0.1) is 0 Å². The number of aryl methyl sites for hydroxylation is 2. The molecule has 5 rings (SSSR count). The number of nitrogens with two attached hydrogens (primary N) is 1. The molecule has 5 aromatic rings. The first-order chi connectivity index (χ1) is 14.6. The van der Waals surface area contributed by atoms with E-state index in [1.54, 1.807) is 0 Å². The van der Waals surface area contributed by atoms with Crippen LogP contribution in [-0.2, 0) is 13.5 Å². The number of nitrogens with zero attached hydrogens (tertiary/aromatic N) is 1. The molecule has 0 fully saturated rings. The first-order valence-corrected chi connectivity index (χ1v) is 10.7. The first kappa shape index (κ1) is 19.0. The number of nitrogens with one attached hydrogen (secondary N) is 1. The van der Waals surface area contributed by atoms with Gasteiger partial charge in [0.15, 0.2) is 0 Å². The van der Waals surface area contributed by atoms with Crippen LogP contribution >= 0.6 is 11.6 Å². The highest BCUT2D eigenvalue weighted by atomic mass is 35.5. The second-order valence-electron chi connectivity index (χ2n) is 7.88. The van der Waals surface area contributed by atoms with Crippen molar-refractivity contribution in [3.8, 4) is 16.9 Å². The number of aromatic nitrogens is 2. The average Bonchev–Trinajstić information content (AvgIpc) is 3.32. The van der Waals surface area contributed by atoms with Gasteiger partial charge in [-0.25, -0.2) is 0 Å². The van der Waals surface area contributed by atoms with Gasteiger partial charge in [0.1, 0.15) is 5.75 Å². The standard InChI is InChI=1S/C25H24ClN3O/c1-29-22-10-15(6-4-5-9-27)24(30)12-18(22)25-20-14-28-13-19(20)17(11-23(25)29)16-7-2-3-8-21(16)26/h2-3,7-8,10-14,28,30H,4-6,9,27H2,1H3. The van der Waals surface area contributed by atoms with Gasteiger partial charge in [-0.05, 0) is 61.2 Å². The molecule has 0 unspecified atom stereocenters. The Labute approximate surface area is 179 Å². The lowest BCUT2D eigenvalue weighted by Gasteiger charge is -2.08. The van der Waals surface area contributed by atoms with Crippen LogP contribution in [0.15, 0.2) is 54.9 Å². The number of rotatable bonds is 5. The molecule has 0 amide bonds. The highest BCUT2D eigenvalue weighted by molar-refractivity contribution is 6.34. The van der Waals surface area contributed by atoms with E-state index in [9.17, 15) is 5.11 Å². The zero-order valence-corrected chi connectivity index (χ0v) is 17.6. The summed E-state index contributed by atoms with van der Waals surface area (Å²) >= 11 is 6.54. The molecule has 0 aliphatic rings. The van der Waals surface area contributed by atoms with Crippen LogP contribution in [0, 0.1) is 0 Å². The van der Waals surface area contributed by atoms with Crippen molar-refractivity contribution in [1.29, 1.82) is 0 Å². The summed E-state index contributed by atoms with van der Waals surface area (Å²) in [5, 5.41) is 15.9. The van der Waals surface area contributed by atoms with Crippen LogP contribution in [0.5, 0.6) is 5.75 Å². The van der Waals surface area contributed by atoms with E-state index in [-0.39, 0.29) is 0 Å². The van der Waals surface area contributed by atoms with Gasteiger partial charge in [0.2, 0.25) is 0 Å². The Kier molecular flexibility index (Phi) is 4.69. The number of halogens is 1. The minimum Gasteiger partial charge on any atom is -0.508 e. The molecule has 2 aromatic heterocycles. The van der Waals surface area contributed by atoms with Crippen molar-refractivity contribution in [1.82, 2.24) is 9.55 Å². The minimum absolute atomic E-state index is 0.353. The molecule has 0 aliphatic heterocycles. The predicted octanol–water partition coefficient (Wildman–Crippen LogP) is 6.12. The minimum atomic E-state index is 0.353. The van der Waals surface area contributed by atoms with Crippen LogP contribution in [0.25, 0.3) is 43.7 Å². The monoisotopic (exact) mass is 417 g/mol. The lowest BCUT2D eigenvalue weighted by molar-refractivity contribution is 0.467. The van der Waals surface area contributed by atoms with Crippen LogP contribution in [0.3, 0.4) is 0 Å². The van der Waals surface area contributed by atoms with Crippen molar-refractivity contribution in [2.75, 3.05) is 6.54 Å². The molecule has 30 heavy (non-hydrogen) atoms. The predicted molar refractivity (Wildman–Crippen MR) is 126 cm³/mol. The van der Waals surface area contributed by atoms with Gasteiger partial charge in [-0.3, -0.25) is 0 Å². The third-order valence-electron chi connectivity index (χ3n) is 6.10. The molecule has 5 heteroatoms. The molecule has 0 atom stereocenters. The van der Waals surface area contributed by atoms with Crippen molar-refractivity contribution in [3.05, 3.63) is 65.4 Å². The molecule has 0 spiro atoms. The molecule has 3 aromatic carbocycles. The molecule has 0 bridgehead atoms. The summed E-state index contributed by atoms with van der Waals surface area (Å²) in [5.41, 5.74) is 10.9. The second-order valence-corrected chi connectivity index (χ2v) is 8.29. The van der Waals surface area contributed by atoms with Gasteiger partial charge in [-0.2, -0.15) is 0 Å². The van der Waals surface area contributed by atoms with Crippen LogP contribution in [0.2, 0.25) is 5.02 Å². The lowest BCUT2D eigenvalue weighted by atomic mass is 9.97. The maximum absolute atomic E-state index is 10.7. The average molecular weight is 418 g/mol. The van der Waals surface area contributed by atoms with Crippen molar-refractivity contribution in [3.63, 3.8) is 0 Å². The molecule has 4 nitrogen and oxygen atoms in total. The van der Waals surface area contributed by atoms with Crippen LogP contribution < -0.4 is 5.73 Å². The van der Waals surface area contributed by atoms with E-state index < -0.39 is 0 Å². The number of fused-ring (bicyclic) bond motifs is 5. The lowest BCUT2D eigenvalue weighted by Crippen LogP contribution is -1.99. The van der Waals surface area contributed by atoms with Crippen molar-refractivity contribution < 1.29 is 5.11 Å². The van der Waals surface area contributed by atoms with Gasteiger partial charge in [0, 0.05) is 57.1 Å². The highest BCUT2D eigenvalue weighted by Crippen LogP contribution is 2.42.